The number of aromatic nitrogens is 2. The maximum Gasteiger partial charge on any atom is 0.180 e. The highest BCUT2D eigenvalue weighted by Gasteiger charge is 2.07. The maximum atomic E-state index is 11.2. The van der Waals surface area contributed by atoms with E-state index < -0.39 is 0 Å². The van der Waals surface area contributed by atoms with Gasteiger partial charge in [-0.15, -0.1) is 0 Å². The minimum atomic E-state index is 0.00750. The highest BCUT2D eigenvalue weighted by atomic mass is 16.1. The van der Waals surface area contributed by atoms with Crippen LogP contribution < -0.4 is 0 Å². The first-order chi connectivity index (χ1) is 6.18. The van der Waals surface area contributed by atoms with Gasteiger partial charge in [-0.1, -0.05) is 0 Å². The number of ketones is 1. The van der Waals surface area contributed by atoms with E-state index in [0.717, 1.165) is 11.1 Å². The van der Waals surface area contributed by atoms with Gasteiger partial charge in [-0.05, 0) is 24.6 Å². The molecule has 0 aliphatic rings. The molecule has 0 unspecified atom stereocenters. The normalized spacial score (nSPS) is 10.6. The molecular weight excluding hydrogens is 164 g/mol. The van der Waals surface area contributed by atoms with Crippen LogP contribution >= 0.6 is 0 Å². The monoisotopic (exact) mass is 174 g/mol. The van der Waals surface area contributed by atoms with E-state index in [1.165, 1.54) is 6.92 Å². The lowest BCUT2D eigenvalue weighted by Crippen LogP contribution is -1.93. The lowest BCUT2D eigenvalue weighted by molar-refractivity contribution is 0.101. The van der Waals surface area contributed by atoms with Crippen LogP contribution in [-0.2, 0) is 0 Å². The molecule has 2 rings (SSSR count). The van der Waals surface area contributed by atoms with Gasteiger partial charge in [0.1, 0.15) is 12.0 Å². The van der Waals surface area contributed by atoms with Gasteiger partial charge in [0.2, 0.25) is 0 Å². The molecule has 3 heteroatoms. The van der Waals surface area contributed by atoms with Crippen LogP contribution in [0.15, 0.2) is 24.7 Å². The van der Waals surface area contributed by atoms with Crippen molar-refractivity contribution in [1.29, 1.82) is 0 Å². The van der Waals surface area contributed by atoms with Crippen molar-refractivity contribution in [2.45, 2.75) is 13.8 Å². The number of pyridine rings is 1. The molecule has 0 fully saturated rings. The van der Waals surface area contributed by atoms with Crippen molar-refractivity contribution in [1.82, 2.24) is 9.38 Å². The number of hydrogen-bond acceptors (Lipinski definition) is 2. The third kappa shape index (κ3) is 1.22. The van der Waals surface area contributed by atoms with E-state index in [2.05, 4.69) is 4.98 Å². The molecular formula is C10H10N2O. The van der Waals surface area contributed by atoms with Gasteiger partial charge in [0.15, 0.2) is 5.78 Å². The quantitative estimate of drug-likeness (QED) is 0.618. The van der Waals surface area contributed by atoms with Crippen LogP contribution in [0.3, 0.4) is 0 Å². The van der Waals surface area contributed by atoms with Crippen LogP contribution in [0, 0.1) is 6.92 Å². The Labute approximate surface area is 76.0 Å². The molecule has 0 amide bonds. The summed E-state index contributed by atoms with van der Waals surface area (Å²) in [6.45, 7) is 3.53. The van der Waals surface area contributed by atoms with Crippen molar-refractivity contribution >= 4 is 11.3 Å². The number of carbonyl (C=O) groups is 1. The zero-order valence-electron chi connectivity index (χ0n) is 7.61. The van der Waals surface area contributed by atoms with Crippen molar-refractivity contribution in [2.24, 2.45) is 0 Å². The Morgan fingerprint density at radius 1 is 1.54 bits per heavy atom. The third-order valence-corrected chi connectivity index (χ3v) is 2.03. The number of hydrogen-bond donors (Lipinski definition) is 0. The smallest absolute Gasteiger partial charge is 0.180 e. The van der Waals surface area contributed by atoms with Crippen molar-refractivity contribution in [3.05, 3.63) is 35.9 Å². The summed E-state index contributed by atoms with van der Waals surface area (Å²) in [6.07, 6.45) is 3.57. The number of rotatable bonds is 1. The number of fused-ring (bicyclic) bond motifs is 1. The molecule has 0 aliphatic heterocycles. The first-order valence-corrected chi connectivity index (χ1v) is 4.13. The van der Waals surface area contributed by atoms with Crippen LogP contribution in [0.5, 0.6) is 0 Å². The zero-order valence-corrected chi connectivity index (χ0v) is 7.61. The molecule has 0 bridgehead atoms. The van der Waals surface area contributed by atoms with E-state index in [1.54, 1.807) is 6.33 Å². The number of nitrogens with zero attached hydrogens (tertiary/aromatic N) is 2. The molecule has 66 valence electrons. The molecule has 3 nitrogen and oxygen atoms in total. The SMILES string of the molecule is CC(=O)c1ncn2ccc(C)cc12. The van der Waals surface area contributed by atoms with Crippen LogP contribution in [0.4, 0.5) is 0 Å². The van der Waals surface area contributed by atoms with Gasteiger partial charge < -0.3 is 4.40 Å². The van der Waals surface area contributed by atoms with Crippen molar-refractivity contribution in [3.8, 4) is 0 Å². The number of carbonyl (C=O) groups excluding carboxylic acids is 1. The fraction of sp³-hybridized carbons (Fsp3) is 0.200. The van der Waals surface area contributed by atoms with Gasteiger partial charge in [-0.25, -0.2) is 4.98 Å². The summed E-state index contributed by atoms with van der Waals surface area (Å²) >= 11 is 0. The molecule has 0 radical (unpaired) electrons. The van der Waals surface area contributed by atoms with Crippen LogP contribution in [0.2, 0.25) is 0 Å². The first kappa shape index (κ1) is 7.98. The topological polar surface area (TPSA) is 34.4 Å². The third-order valence-electron chi connectivity index (χ3n) is 2.03. The van der Waals surface area contributed by atoms with Crippen molar-refractivity contribution < 1.29 is 4.79 Å². The summed E-state index contributed by atoms with van der Waals surface area (Å²) in [5.41, 5.74) is 2.56. The summed E-state index contributed by atoms with van der Waals surface area (Å²) in [6, 6.07) is 3.95. The predicted octanol–water partition coefficient (Wildman–Crippen LogP) is 1.85. The largest absolute Gasteiger partial charge is 0.306 e. The minimum Gasteiger partial charge on any atom is -0.306 e. The summed E-state index contributed by atoms with van der Waals surface area (Å²) in [7, 11) is 0. The average Bonchev–Trinajstić information content (AvgIpc) is 2.46. The van der Waals surface area contributed by atoms with E-state index in [9.17, 15) is 4.79 Å². The Kier molecular flexibility index (Phi) is 1.65. The Hall–Kier alpha value is -1.64. The fourth-order valence-electron chi connectivity index (χ4n) is 1.37. The molecule has 0 aliphatic carbocycles. The minimum absolute atomic E-state index is 0.00750. The van der Waals surface area contributed by atoms with Gasteiger partial charge in [-0.2, -0.15) is 0 Å². The zero-order chi connectivity index (χ0) is 9.42. The number of imidazole rings is 1. The Morgan fingerprint density at radius 3 is 3.00 bits per heavy atom. The lowest BCUT2D eigenvalue weighted by atomic mass is 10.2. The standard InChI is InChI=1S/C10H10N2O/c1-7-3-4-12-6-11-10(8(2)13)9(12)5-7/h3-6H,1-2H3. The van der Waals surface area contributed by atoms with Gasteiger partial charge >= 0.3 is 0 Å². The van der Waals surface area contributed by atoms with Gasteiger partial charge in [0.05, 0.1) is 5.52 Å². The second kappa shape index (κ2) is 2.69. The molecule has 2 aromatic heterocycles. The molecule has 2 heterocycles. The highest BCUT2D eigenvalue weighted by Crippen LogP contribution is 2.11. The first-order valence-electron chi connectivity index (χ1n) is 4.13. The van der Waals surface area contributed by atoms with Crippen molar-refractivity contribution in [2.75, 3.05) is 0 Å². The van der Waals surface area contributed by atoms with Gasteiger partial charge in [0, 0.05) is 13.1 Å². The molecule has 0 aromatic carbocycles. The average molecular weight is 174 g/mol. The second-order valence-corrected chi connectivity index (χ2v) is 3.15. The predicted molar refractivity (Wildman–Crippen MR) is 49.9 cm³/mol. The Morgan fingerprint density at radius 2 is 2.31 bits per heavy atom. The molecule has 0 spiro atoms. The van der Waals surface area contributed by atoms with Gasteiger partial charge in [0.25, 0.3) is 0 Å². The van der Waals surface area contributed by atoms with Crippen molar-refractivity contribution in [3.63, 3.8) is 0 Å². The molecule has 13 heavy (non-hydrogen) atoms. The summed E-state index contributed by atoms with van der Waals surface area (Å²) in [5.74, 6) is 0.00750. The second-order valence-electron chi connectivity index (χ2n) is 3.15. The molecule has 0 saturated carbocycles. The molecule has 2 aromatic rings. The molecule has 0 atom stereocenters. The Bertz CT molecular complexity index is 471. The van der Waals surface area contributed by atoms with Gasteiger partial charge in [-0.3, -0.25) is 4.79 Å². The fourth-order valence-corrected chi connectivity index (χ4v) is 1.37. The highest BCUT2D eigenvalue weighted by molar-refractivity contribution is 5.98. The summed E-state index contributed by atoms with van der Waals surface area (Å²) in [4.78, 5) is 15.2. The Balaban J connectivity index is 2.79. The van der Waals surface area contributed by atoms with E-state index in [1.807, 2.05) is 29.7 Å². The number of Topliss-reactive ketones (excluding diaryl/α,β-unsaturated/α-hetero) is 1. The van der Waals surface area contributed by atoms with E-state index in [0.29, 0.717) is 5.69 Å². The van der Waals surface area contributed by atoms with E-state index in [4.69, 9.17) is 0 Å². The van der Waals surface area contributed by atoms with Crippen LogP contribution in [0.1, 0.15) is 23.0 Å². The summed E-state index contributed by atoms with van der Waals surface area (Å²) in [5, 5.41) is 0. The molecule has 0 N–H and O–H groups in total. The summed E-state index contributed by atoms with van der Waals surface area (Å²) < 4.78 is 1.85. The van der Waals surface area contributed by atoms with Crippen LogP contribution in [0.25, 0.3) is 5.52 Å². The van der Waals surface area contributed by atoms with Crippen LogP contribution in [-0.4, -0.2) is 15.2 Å². The number of aryl methyl sites for hydroxylation is 1. The maximum absolute atomic E-state index is 11.2. The lowest BCUT2D eigenvalue weighted by Gasteiger charge is -1.96. The van der Waals surface area contributed by atoms with E-state index in [-0.39, 0.29) is 5.78 Å². The molecule has 0 saturated heterocycles. The van der Waals surface area contributed by atoms with E-state index >= 15 is 0 Å².